The van der Waals surface area contributed by atoms with Crippen LogP contribution in [-0.2, 0) is 11.3 Å². The van der Waals surface area contributed by atoms with Crippen LogP contribution in [0.25, 0.3) is 0 Å². The summed E-state index contributed by atoms with van der Waals surface area (Å²) in [5, 5.41) is 8.77. The van der Waals surface area contributed by atoms with Crippen LogP contribution in [-0.4, -0.2) is 90.2 Å². The standard InChI is InChI=1S/C22H33N7O2/c1-26(2)13-17-14-29(25-24-17)19-9-15-11-28(12-16(15)10-20(19)31-5)21-8-6-7-18(23-21)22(30)27(3)4/h6-8,14-16,19-20H,9-13H2,1-5H3/t15-,16+,19-,20-/m1/s1. The summed E-state index contributed by atoms with van der Waals surface area (Å²) in [5.74, 6) is 1.88. The molecule has 4 rings (SSSR count). The zero-order valence-corrected chi connectivity index (χ0v) is 19.1. The minimum absolute atomic E-state index is 0.0716. The van der Waals surface area contributed by atoms with Gasteiger partial charge in [-0.3, -0.25) is 4.79 Å². The van der Waals surface area contributed by atoms with Crippen molar-refractivity contribution in [3.63, 3.8) is 0 Å². The van der Waals surface area contributed by atoms with Crippen molar-refractivity contribution in [2.75, 3.05) is 53.3 Å². The van der Waals surface area contributed by atoms with Crippen LogP contribution in [0.5, 0.6) is 0 Å². The monoisotopic (exact) mass is 427 g/mol. The molecule has 2 aromatic rings. The molecule has 9 nitrogen and oxygen atoms in total. The highest BCUT2D eigenvalue weighted by atomic mass is 16.5. The highest BCUT2D eigenvalue weighted by Crippen LogP contribution is 2.43. The number of fused-ring (bicyclic) bond motifs is 1. The molecule has 168 valence electrons. The van der Waals surface area contributed by atoms with Crippen LogP contribution in [0, 0.1) is 11.8 Å². The van der Waals surface area contributed by atoms with Crippen LogP contribution in [0.2, 0.25) is 0 Å². The molecule has 9 heteroatoms. The molecule has 31 heavy (non-hydrogen) atoms. The Bertz CT molecular complexity index is 913. The van der Waals surface area contributed by atoms with Gasteiger partial charge in [-0.2, -0.15) is 0 Å². The highest BCUT2D eigenvalue weighted by Gasteiger charge is 2.44. The number of ether oxygens (including phenoxy) is 1. The van der Waals surface area contributed by atoms with Gasteiger partial charge in [0.1, 0.15) is 11.5 Å². The summed E-state index contributed by atoms with van der Waals surface area (Å²) >= 11 is 0. The third-order valence-corrected chi connectivity index (χ3v) is 6.45. The van der Waals surface area contributed by atoms with E-state index in [1.54, 1.807) is 32.2 Å². The number of methoxy groups -OCH3 is 1. The number of pyridine rings is 1. The number of hydrogen-bond acceptors (Lipinski definition) is 7. The number of hydrogen-bond donors (Lipinski definition) is 0. The Balaban J connectivity index is 1.49. The molecule has 4 atom stereocenters. The summed E-state index contributed by atoms with van der Waals surface area (Å²) < 4.78 is 7.89. The average molecular weight is 428 g/mol. The van der Waals surface area contributed by atoms with Gasteiger partial charge in [0.15, 0.2) is 0 Å². The Morgan fingerprint density at radius 3 is 2.58 bits per heavy atom. The molecule has 0 radical (unpaired) electrons. The predicted octanol–water partition coefficient (Wildman–Crippen LogP) is 1.54. The molecule has 0 N–H and O–H groups in total. The minimum Gasteiger partial charge on any atom is -0.379 e. The highest BCUT2D eigenvalue weighted by molar-refractivity contribution is 5.92. The number of aromatic nitrogens is 4. The van der Waals surface area contributed by atoms with Crippen molar-refractivity contribution in [2.24, 2.45) is 11.8 Å². The van der Waals surface area contributed by atoms with E-state index in [0.717, 1.165) is 44.0 Å². The first kappa shape index (κ1) is 21.7. The van der Waals surface area contributed by atoms with Gasteiger partial charge in [-0.15, -0.1) is 5.10 Å². The maximum atomic E-state index is 12.3. The van der Waals surface area contributed by atoms with E-state index in [1.807, 2.05) is 30.9 Å². The number of anilines is 1. The van der Waals surface area contributed by atoms with Gasteiger partial charge in [0, 0.05) is 40.8 Å². The lowest BCUT2D eigenvalue weighted by molar-refractivity contribution is -0.00543. The van der Waals surface area contributed by atoms with Gasteiger partial charge in [0.25, 0.3) is 5.91 Å². The van der Waals surface area contributed by atoms with Crippen molar-refractivity contribution in [3.8, 4) is 0 Å². The largest absolute Gasteiger partial charge is 0.379 e. The van der Waals surface area contributed by atoms with Gasteiger partial charge in [0.05, 0.1) is 24.0 Å². The molecule has 1 amide bonds. The molecule has 2 fully saturated rings. The number of rotatable bonds is 6. The summed E-state index contributed by atoms with van der Waals surface area (Å²) in [6, 6.07) is 5.88. The zero-order valence-electron chi connectivity index (χ0n) is 19.1. The Hall–Kier alpha value is -2.52. The van der Waals surface area contributed by atoms with Crippen LogP contribution >= 0.6 is 0 Å². The second kappa shape index (κ2) is 8.92. The fraction of sp³-hybridized carbons (Fsp3) is 0.636. The lowest BCUT2D eigenvalue weighted by Gasteiger charge is -2.36. The number of nitrogens with zero attached hydrogens (tertiary/aromatic N) is 7. The first-order valence-electron chi connectivity index (χ1n) is 10.9. The number of carbonyl (C=O) groups excluding carboxylic acids is 1. The van der Waals surface area contributed by atoms with Gasteiger partial charge in [-0.25, -0.2) is 9.67 Å². The smallest absolute Gasteiger partial charge is 0.272 e. The van der Waals surface area contributed by atoms with Crippen LogP contribution in [0.1, 0.15) is 35.1 Å². The Morgan fingerprint density at radius 1 is 1.16 bits per heavy atom. The van der Waals surface area contributed by atoms with Crippen LogP contribution in [0.3, 0.4) is 0 Å². The van der Waals surface area contributed by atoms with Gasteiger partial charge in [-0.05, 0) is 50.9 Å². The van der Waals surface area contributed by atoms with Crippen LogP contribution < -0.4 is 4.90 Å². The van der Waals surface area contributed by atoms with Crippen molar-refractivity contribution in [1.82, 2.24) is 29.8 Å². The maximum absolute atomic E-state index is 12.3. The zero-order chi connectivity index (χ0) is 22.1. The quantitative estimate of drug-likeness (QED) is 0.692. The van der Waals surface area contributed by atoms with E-state index in [0.29, 0.717) is 17.5 Å². The van der Waals surface area contributed by atoms with Gasteiger partial charge >= 0.3 is 0 Å². The lowest BCUT2D eigenvalue weighted by atomic mass is 9.77. The van der Waals surface area contributed by atoms with Gasteiger partial charge in [-0.1, -0.05) is 11.3 Å². The van der Waals surface area contributed by atoms with Crippen molar-refractivity contribution in [2.45, 2.75) is 31.5 Å². The Morgan fingerprint density at radius 2 is 1.90 bits per heavy atom. The number of carbonyl (C=O) groups is 1. The van der Waals surface area contributed by atoms with Crippen molar-refractivity contribution in [3.05, 3.63) is 35.8 Å². The molecule has 0 aromatic carbocycles. The molecule has 1 saturated carbocycles. The third-order valence-electron chi connectivity index (χ3n) is 6.45. The predicted molar refractivity (Wildman–Crippen MR) is 118 cm³/mol. The molecule has 0 unspecified atom stereocenters. The molecule has 1 saturated heterocycles. The van der Waals surface area contributed by atoms with E-state index in [4.69, 9.17) is 4.74 Å². The summed E-state index contributed by atoms with van der Waals surface area (Å²) in [5.41, 5.74) is 1.46. The maximum Gasteiger partial charge on any atom is 0.272 e. The fourth-order valence-corrected chi connectivity index (χ4v) is 4.93. The number of amides is 1. The van der Waals surface area contributed by atoms with Crippen molar-refractivity contribution in [1.29, 1.82) is 0 Å². The molecular weight excluding hydrogens is 394 g/mol. The Labute approximate surface area is 184 Å². The molecular formula is C22H33N7O2. The minimum atomic E-state index is -0.0716. The normalized spacial score (nSPS) is 25.7. The average Bonchev–Trinajstić information content (AvgIpc) is 3.38. The SMILES string of the molecule is CO[C@@H]1C[C@H]2CN(c3cccc(C(=O)N(C)C)n3)C[C@H]2C[C@H]1n1cc(CN(C)C)nn1. The lowest BCUT2D eigenvalue weighted by Crippen LogP contribution is -2.37. The molecule has 0 bridgehead atoms. The Kier molecular flexibility index (Phi) is 6.24. The third kappa shape index (κ3) is 4.57. The molecule has 0 spiro atoms. The summed E-state index contributed by atoms with van der Waals surface area (Å²) in [6.07, 6.45) is 4.16. The van der Waals surface area contributed by atoms with E-state index in [2.05, 4.69) is 31.3 Å². The topological polar surface area (TPSA) is 79.6 Å². The summed E-state index contributed by atoms with van der Waals surface area (Å²) in [6.45, 7) is 2.65. The second-order valence-electron chi connectivity index (χ2n) is 9.25. The van der Waals surface area contributed by atoms with Crippen LogP contribution in [0.15, 0.2) is 24.4 Å². The molecule has 1 aliphatic carbocycles. The summed E-state index contributed by atoms with van der Waals surface area (Å²) in [4.78, 5) is 22.9. The molecule has 2 aromatic heterocycles. The van der Waals surface area contributed by atoms with Crippen LogP contribution in [0.4, 0.5) is 5.82 Å². The van der Waals surface area contributed by atoms with E-state index in [9.17, 15) is 4.79 Å². The fourth-order valence-electron chi connectivity index (χ4n) is 4.93. The summed E-state index contributed by atoms with van der Waals surface area (Å²) in [7, 11) is 9.36. The molecule has 1 aliphatic heterocycles. The van der Waals surface area contributed by atoms with E-state index in [1.165, 1.54) is 0 Å². The molecule has 3 heterocycles. The van der Waals surface area contributed by atoms with E-state index in [-0.39, 0.29) is 18.1 Å². The first-order valence-corrected chi connectivity index (χ1v) is 10.9. The molecule has 2 aliphatic rings. The van der Waals surface area contributed by atoms with E-state index < -0.39 is 0 Å². The van der Waals surface area contributed by atoms with Crippen molar-refractivity contribution < 1.29 is 9.53 Å². The first-order chi connectivity index (χ1) is 14.9. The van der Waals surface area contributed by atoms with Gasteiger partial charge in [0.2, 0.25) is 0 Å². The van der Waals surface area contributed by atoms with Crippen molar-refractivity contribution >= 4 is 11.7 Å². The second-order valence-corrected chi connectivity index (χ2v) is 9.25. The van der Waals surface area contributed by atoms with E-state index >= 15 is 0 Å². The van der Waals surface area contributed by atoms with Gasteiger partial charge < -0.3 is 19.4 Å².